The normalized spacial score (nSPS) is 17.1. The zero-order valence-electron chi connectivity index (χ0n) is 17.5. The largest absolute Gasteiger partial charge is 0.357 e. The van der Waals surface area contributed by atoms with Crippen molar-refractivity contribution >= 4 is 11.8 Å². The molecule has 0 radical (unpaired) electrons. The summed E-state index contributed by atoms with van der Waals surface area (Å²) < 4.78 is 14.0. The highest BCUT2D eigenvalue weighted by Gasteiger charge is 2.25. The first-order valence-electron chi connectivity index (χ1n) is 10.2. The van der Waals surface area contributed by atoms with E-state index in [4.69, 9.17) is 4.99 Å². The van der Waals surface area contributed by atoms with Gasteiger partial charge in [0.05, 0.1) is 6.54 Å². The Morgan fingerprint density at radius 2 is 2.00 bits per heavy atom. The molecule has 2 heterocycles. The molecule has 6 nitrogen and oxygen atoms in total. The number of nitrogens with zero attached hydrogens (tertiary/aromatic N) is 4. The number of guanidine groups is 1. The van der Waals surface area contributed by atoms with Crippen LogP contribution < -0.4 is 15.5 Å². The van der Waals surface area contributed by atoms with Gasteiger partial charge in [0.25, 0.3) is 0 Å². The Morgan fingerprint density at radius 3 is 2.69 bits per heavy atom. The molecule has 1 fully saturated rings. The van der Waals surface area contributed by atoms with Crippen LogP contribution >= 0.6 is 0 Å². The Kier molecular flexibility index (Phi) is 7.41. The summed E-state index contributed by atoms with van der Waals surface area (Å²) in [6.07, 6.45) is 2.55. The predicted molar refractivity (Wildman–Crippen MR) is 117 cm³/mol. The second-order valence-corrected chi connectivity index (χ2v) is 7.63. The molecule has 1 aromatic heterocycles. The number of aliphatic imine (C=N–C) groups is 1. The number of aromatic nitrogens is 1. The molecule has 3 rings (SSSR count). The highest BCUT2D eigenvalue weighted by Crippen LogP contribution is 2.20. The Morgan fingerprint density at radius 1 is 1.24 bits per heavy atom. The van der Waals surface area contributed by atoms with Crippen molar-refractivity contribution in [2.45, 2.75) is 32.5 Å². The van der Waals surface area contributed by atoms with Crippen LogP contribution in [0.3, 0.4) is 0 Å². The minimum Gasteiger partial charge on any atom is -0.357 e. The Labute approximate surface area is 172 Å². The van der Waals surface area contributed by atoms with Crippen molar-refractivity contribution in [3.8, 4) is 0 Å². The molecular formula is C22H31FN6. The van der Waals surface area contributed by atoms with E-state index in [-0.39, 0.29) is 11.9 Å². The maximum atomic E-state index is 14.0. The second-order valence-electron chi connectivity index (χ2n) is 7.63. The number of nitrogens with one attached hydrogen (secondary N) is 2. The van der Waals surface area contributed by atoms with E-state index < -0.39 is 0 Å². The molecule has 2 N–H and O–H groups in total. The van der Waals surface area contributed by atoms with E-state index in [9.17, 15) is 4.39 Å². The Bertz CT molecular complexity index is 805. The maximum absolute atomic E-state index is 14.0. The van der Waals surface area contributed by atoms with Crippen molar-refractivity contribution in [1.29, 1.82) is 0 Å². The number of halogens is 1. The molecule has 156 valence electrons. The highest BCUT2D eigenvalue weighted by atomic mass is 19.1. The minimum atomic E-state index is -0.272. The van der Waals surface area contributed by atoms with Crippen molar-refractivity contribution in [2.24, 2.45) is 4.99 Å². The quantitative estimate of drug-likeness (QED) is 0.555. The van der Waals surface area contributed by atoms with E-state index in [1.807, 2.05) is 4.90 Å². The van der Waals surface area contributed by atoms with E-state index in [0.29, 0.717) is 18.9 Å². The fraction of sp³-hybridized carbons (Fsp3) is 0.455. The van der Waals surface area contributed by atoms with Gasteiger partial charge in [0.15, 0.2) is 17.6 Å². The van der Waals surface area contributed by atoms with Crippen molar-refractivity contribution in [1.82, 2.24) is 20.5 Å². The Hall–Kier alpha value is -2.67. The van der Waals surface area contributed by atoms with Crippen molar-refractivity contribution in [2.75, 3.05) is 38.6 Å². The van der Waals surface area contributed by atoms with Gasteiger partial charge in [0, 0.05) is 38.4 Å². The van der Waals surface area contributed by atoms with Crippen LogP contribution in [0.5, 0.6) is 0 Å². The number of rotatable bonds is 7. The summed E-state index contributed by atoms with van der Waals surface area (Å²) in [5, 5.41) is 6.79. The predicted octanol–water partition coefficient (Wildman–Crippen LogP) is 2.62. The molecule has 0 spiro atoms. The third kappa shape index (κ3) is 6.15. The average Bonchev–Trinajstić information content (AvgIpc) is 3.15. The molecule has 0 aliphatic carbocycles. The summed E-state index contributed by atoms with van der Waals surface area (Å²) in [4.78, 5) is 13.1. The van der Waals surface area contributed by atoms with E-state index >= 15 is 0 Å². The monoisotopic (exact) mass is 398 g/mol. The summed E-state index contributed by atoms with van der Waals surface area (Å²) in [6.45, 7) is 5.87. The van der Waals surface area contributed by atoms with Crippen LogP contribution in [0.2, 0.25) is 0 Å². The number of hydrogen-bond donors (Lipinski definition) is 2. The first-order valence-corrected chi connectivity index (χ1v) is 10.2. The molecule has 2 aromatic rings. The lowest BCUT2D eigenvalue weighted by atomic mass is 10.1. The zero-order chi connectivity index (χ0) is 20.6. The topological polar surface area (TPSA) is 55.8 Å². The number of hydrogen-bond acceptors (Lipinski definition) is 4. The zero-order valence-corrected chi connectivity index (χ0v) is 17.5. The van der Waals surface area contributed by atoms with Gasteiger partial charge in [-0.1, -0.05) is 24.3 Å². The second kappa shape index (κ2) is 10.2. The summed E-state index contributed by atoms with van der Waals surface area (Å²) in [7, 11) is 4.14. The lowest BCUT2D eigenvalue weighted by molar-refractivity contribution is 0.402. The van der Waals surface area contributed by atoms with Crippen LogP contribution in [-0.2, 0) is 13.1 Å². The van der Waals surface area contributed by atoms with Crippen molar-refractivity contribution in [3.63, 3.8) is 0 Å². The number of pyridine rings is 1. The van der Waals surface area contributed by atoms with Gasteiger partial charge in [-0.2, -0.15) is 0 Å². The van der Waals surface area contributed by atoms with Crippen LogP contribution in [0.25, 0.3) is 0 Å². The number of benzene rings is 1. The molecule has 0 amide bonds. The first kappa shape index (κ1) is 21.0. The van der Waals surface area contributed by atoms with Crippen LogP contribution in [0.4, 0.5) is 10.2 Å². The maximum Gasteiger partial charge on any atom is 0.191 e. The van der Waals surface area contributed by atoms with E-state index in [1.54, 1.807) is 12.3 Å². The molecule has 0 saturated carbocycles. The summed E-state index contributed by atoms with van der Waals surface area (Å²) in [5.41, 5.74) is 2.47. The summed E-state index contributed by atoms with van der Waals surface area (Å²) >= 11 is 0. The molecule has 1 aromatic carbocycles. The first-order chi connectivity index (χ1) is 14.0. The molecule has 1 aliphatic heterocycles. The number of anilines is 1. The molecule has 1 aliphatic rings. The smallest absolute Gasteiger partial charge is 0.191 e. The van der Waals surface area contributed by atoms with Crippen molar-refractivity contribution in [3.05, 3.63) is 59.5 Å². The van der Waals surface area contributed by atoms with Gasteiger partial charge in [-0.3, -0.25) is 0 Å². The van der Waals surface area contributed by atoms with Gasteiger partial charge < -0.3 is 20.4 Å². The highest BCUT2D eigenvalue weighted by molar-refractivity contribution is 5.80. The summed E-state index contributed by atoms with van der Waals surface area (Å²) in [5.74, 6) is 0.946. The SMILES string of the molecule is CCNC(=NCc1ccc(CN(C)C)cc1)NC1CCN(c2ncccc2F)C1. The fourth-order valence-corrected chi connectivity index (χ4v) is 3.48. The Balaban J connectivity index is 1.58. The van der Waals surface area contributed by atoms with Gasteiger partial charge in [-0.25, -0.2) is 14.4 Å². The van der Waals surface area contributed by atoms with E-state index in [2.05, 4.69) is 65.8 Å². The average molecular weight is 399 g/mol. The third-order valence-electron chi connectivity index (χ3n) is 4.85. The van der Waals surface area contributed by atoms with Crippen LogP contribution in [0.15, 0.2) is 47.6 Å². The molecule has 29 heavy (non-hydrogen) atoms. The van der Waals surface area contributed by atoms with Gasteiger partial charge in [0.1, 0.15) is 0 Å². The van der Waals surface area contributed by atoms with E-state index in [1.165, 1.54) is 17.2 Å². The fourth-order valence-electron chi connectivity index (χ4n) is 3.48. The van der Waals surface area contributed by atoms with Crippen molar-refractivity contribution < 1.29 is 4.39 Å². The minimum absolute atomic E-state index is 0.205. The molecular weight excluding hydrogens is 367 g/mol. The van der Waals surface area contributed by atoms with Gasteiger partial charge in [0.2, 0.25) is 0 Å². The molecule has 1 atom stereocenters. The van der Waals surface area contributed by atoms with Crippen LogP contribution in [0, 0.1) is 5.82 Å². The van der Waals surface area contributed by atoms with Gasteiger partial charge in [-0.15, -0.1) is 0 Å². The summed E-state index contributed by atoms with van der Waals surface area (Å²) in [6, 6.07) is 11.9. The van der Waals surface area contributed by atoms with Crippen LogP contribution in [0.1, 0.15) is 24.5 Å². The lowest BCUT2D eigenvalue weighted by Gasteiger charge is -2.20. The van der Waals surface area contributed by atoms with Gasteiger partial charge >= 0.3 is 0 Å². The van der Waals surface area contributed by atoms with Crippen LogP contribution in [-0.4, -0.2) is 55.6 Å². The lowest BCUT2D eigenvalue weighted by Crippen LogP contribution is -2.44. The van der Waals surface area contributed by atoms with E-state index in [0.717, 1.165) is 32.0 Å². The third-order valence-corrected chi connectivity index (χ3v) is 4.85. The molecule has 1 saturated heterocycles. The molecule has 7 heteroatoms. The molecule has 1 unspecified atom stereocenters. The molecule has 0 bridgehead atoms. The van der Waals surface area contributed by atoms with Gasteiger partial charge in [-0.05, 0) is 50.7 Å². The standard InChI is InChI=1S/C22H31FN6/c1-4-24-22(26-14-17-7-9-18(10-8-17)15-28(2)3)27-19-11-13-29(16-19)21-20(23)6-5-12-25-21/h5-10,12,19H,4,11,13-16H2,1-3H3,(H2,24,26,27).